The first-order chi connectivity index (χ1) is 12.7. The van der Waals surface area contributed by atoms with Crippen LogP contribution in [-0.4, -0.2) is 33.9 Å². The number of hydrogen-bond donors (Lipinski definition) is 1. The van der Waals surface area contributed by atoms with E-state index in [1.54, 1.807) is 6.07 Å². The third kappa shape index (κ3) is 3.29. The number of imidazole rings is 1. The highest BCUT2D eigenvalue weighted by Gasteiger charge is 2.26. The normalized spacial score (nSPS) is 17.8. The van der Waals surface area contributed by atoms with Crippen LogP contribution in [0.2, 0.25) is 10.0 Å². The molecule has 0 amide bonds. The maximum Gasteiger partial charge on any atom is 0.207 e. The molecule has 1 aliphatic heterocycles. The first-order valence-corrected chi connectivity index (χ1v) is 9.69. The van der Waals surface area contributed by atoms with Gasteiger partial charge in [0.05, 0.1) is 30.2 Å². The Bertz CT molecular complexity index is 925. The molecule has 0 saturated carbocycles. The molecule has 2 heterocycles. The van der Waals surface area contributed by atoms with Crippen LogP contribution in [0.4, 0.5) is 5.95 Å². The lowest BCUT2D eigenvalue weighted by Crippen LogP contribution is -2.43. The van der Waals surface area contributed by atoms with Crippen molar-refractivity contribution in [1.82, 2.24) is 9.55 Å². The highest BCUT2D eigenvalue weighted by atomic mass is 35.5. The number of para-hydroxylation sites is 2. The Morgan fingerprint density at radius 2 is 1.96 bits per heavy atom. The van der Waals surface area contributed by atoms with E-state index < -0.39 is 0 Å². The van der Waals surface area contributed by atoms with Gasteiger partial charge in [-0.05, 0) is 55.2 Å². The fourth-order valence-electron chi connectivity index (χ4n) is 3.73. The molecule has 1 N–H and O–H groups in total. The molecule has 136 valence electrons. The Labute approximate surface area is 163 Å². The minimum Gasteiger partial charge on any atom is -0.394 e. The highest BCUT2D eigenvalue weighted by Crippen LogP contribution is 2.30. The number of halogens is 2. The van der Waals surface area contributed by atoms with Gasteiger partial charge in [-0.25, -0.2) is 4.98 Å². The molecule has 1 aromatic heterocycles. The van der Waals surface area contributed by atoms with E-state index in [0.717, 1.165) is 48.4 Å². The Morgan fingerprint density at radius 3 is 2.81 bits per heavy atom. The van der Waals surface area contributed by atoms with Crippen LogP contribution >= 0.6 is 23.2 Å². The van der Waals surface area contributed by atoms with Crippen molar-refractivity contribution in [2.45, 2.75) is 31.8 Å². The molecule has 2 aromatic carbocycles. The topological polar surface area (TPSA) is 41.3 Å². The number of piperidine rings is 1. The van der Waals surface area contributed by atoms with Crippen LogP contribution < -0.4 is 4.90 Å². The van der Waals surface area contributed by atoms with Crippen LogP contribution in [0.5, 0.6) is 0 Å². The van der Waals surface area contributed by atoms with Gasteiger partial charge in [0.2, 0.25) is 5.95 Å². The van der Waals surface area contributed by atoms with E-state index in [0.29, 0.717) is 16.6 Å². The van der Waals surface area contributed by atoms with Crippen LogP contribution in [0.1, 0.15) is 24.8 Å². The zero-order valence-corrected chi connectivity index (χ0v) is 15.9. The maximum atomic E-state index is 9.84. The van der Waals surface area contributed by atoms with E-state index in [2.05, 4.69) is 15.5 Å². The number of aromatic nitrogens is 2. The van der Waals surface area contributed by atoms with E-state index >= 15 is 0 Å². The molecule has 1 fully saturated rings. The van der Waals surface area contributed by atoms with Gasteiger partial charge in [0, 0.05) is 16.6 Å². The monoisotopic (exact) mass is 389 g/mol. The van der Waals surface area contributed by atoms with Gasteiger partial charge >= 0.3 is 0 Å². The van der Waals surface area contributed by atoms with Gasteiger partial charge in [-0.1, -0.05) is 35.3 Å². The number of aliphatic hydroxyl groups excluding tert-OH is 1. The zero-order chi connectivity index (χ0) is 18.1. The molecular weight excluding hydrogens is 369 g/mol. The number of fused-ring (bicyclic) bond motifs is 1. The molecule has 1 atom stereocenters. The average molecular weight is 390 g/mol. The second kappa shape index (κ2) is 7.47. The first kappa shape index (κ1) is 17.7. The summed E-state index contributed by atoms with van der Waals surface area (Å²) in [6.45, 7) is 1.63. The number of aliphatic hydroxyl groups is 1. The van der Waals surface area contributed by atoms with Gasteiger partial charge < -0.3 is 14.6 Å². The highest BCUT2D eigenvalue weighted by molar-refractivity contribution is 6.33. The van der Waals surface area contributed by atoms with E-state index in [1.807, 2.05) is 30.3 Å². The fourth-order valence-corrected chi connectivity index (χ4v) is 4.10. The Hall–Kier alpha value is -1.75. The second-order valence-corrected chi connectivity index (χ2v) is 7.59. The number of benzene rings is 2. The summed E-state index contributed by atoms with van der Waals surface area (Å²) in [6.07, 6.45) is 3.23. The number of anilines is 1. The molecule has 4 nitrogen and oxygen atoms in total. The molecule has 26 heavy (non-hydrogen) atoms. The Morgan fingerprint density at radius 1 is 1.12 bits per heavy atom. The van der Waals surface area contributed by atoms with Crippen LogP contribution in [0.3, 0.4) is 0 Å². The van der Waals surface area contributed by atoms with Crippen molar-refractivity contribution in [2.24, 2.45) is 0 Å². The van der Waals surface area contributed by atoms with E-state index in [9.17, 15) is 5.11 Å². The van der Waals surface area contributed by atoms with Crippen LogP contribution in [0.25, 0.3) is 11.0 Å². The summed E-state index contributed by atoms with van der Waals surface area (Å²) in [5, 5.41) is 11.2. The van der Waals surface area contributed by atoms with Gasteiger partial charge in [-0.3, -0.25) is 0 Å². The first-order valence-electron chi connectivity index (χ1n) is 8.94. The van der Waals surface area contributed by atoms with Gasteiger partial charge in [-0.2, -0.15) is 0 Å². The number of rotatable bonds is 4. The fraction of sp³-hybridized carbons (Fsp3) is 0.350. The minimum absolute atomic E-state index is 0.106. The van der Waals surface area contributed by atoms with Gasteiger partial charge in [0.1, 0.15) is 0 Å². The second-order valence-electron chi connectivity index (χ2n) is 6.75. The zero-order valence-electron chi connectivity index (χ0n) is 14.4. The number of nitrogens with zero attached hydrogens (tertiary/aromatic N) is 3. The van der Waals surface area contributed by atoms with E-state index in [1.165, 1.54) is 0 Å². The van der Waals surface area contributed by atoms with Crippen LogP contribution in [0, 0.1) is 0 Å². The quantitative estimate of drug-likeness (QED) is 0.700. The summed E-state index contributed by atoms with van der Waals surface area (Å²) in [5.41, 5.74) is 2.96. The molecular formula is C20H21Cl2N3O. The number of hydrogen-bond acceptors (Lipinski definition) is 3. The molecule has 0 bridgehead atoms. The smallest absolute Gasteiger partial charge is 0.207 e. The van der Waals surface area contributed by atoms with E-state index in [4.69, 9.17) is 28.2 Å². The van der Waals surface area contributed by atoms with Crippen molar-refractivity contribution >= 4 is 40.2 Å². The van der Waals surface area contributed by atoms with Gasteiger partial charge in [0.25, 0.3) is 0 Å². The summed E-state index contributed by atoms with van der Waals surface area (Å²) < 4.78 is 2.18. The molecule has 6 heteroatoms. The molecule has 0 unspecified atom stereocenters. The SMILES string of the molecule is OC[C@H]1CCCCN1c1nc2ccccc2n1Cc1cc(Cl)ccc1Cl. The lowest BCUT2D eigenvalue weighted by Gasteiger charge is -2.35. The summed E-state index contributed by atoms with van der Waals surface area (Å²) in [5.74, 6) is 0.890. The molecule has 0 radical (unpaired) electrons. The molecule has 4 rings (SSSR count). The third-order valence-electron chi connectivity index (χ3n) is 5.07. The Kier molecular flexibility index (Phi) is 5.07. The largest absolute Gasteiger partial charge is 0.394 e. The molecule has 1 aliphatic rings. The van der Waals surface area contributed by atoms with Crippen molar-refractivity contribution in [3.63, 3.8) is 0 Å². The standard InChI is InChI=1S/C20H21Cl2N3O/c21-15-8-9-17(22)14(11-15)12-25-19-7-2-1-6-18(19)23-20(25)24-10-4-3-5-16(24)13-26/h1-2,6-9,11,16,26H,3-5,10,12-13H2/t16-/m1/s1. The van der Waals surface area contributed by atoms with Crippen molar-refractivity contribution in [1.29, 1.82) is 0 Å². The summed E-state index contributed by atoms with van der Waals surface area (Å²) in [6, 6.07) is 13.7. The molecule has 3 aromatic rings. The maximum absolute atomic E-state index is 9.84. The van der Waals surface area contributed by atoms with Crippen molar-refractivity contribution in [2.75, 3.05) is 18.1 Å². The minimum atomic E-state index is 0.106. The predicted octanol–water partition coefficient (Wildman–Crippen LogP) is 4.74. The lowest BCUT2D eigenvalue weighted by molar-refractivity contribution is 0.238. The van der Waals surface area contributed by atoms with Gasteiger partial charge in [0.15, 0.2) is 0 Å². The third-order valence-corrected chi connectivity index (χ3v) is 5.67. The van der Waals surface area contributed by atoms with Gasteiger partial charge in [-0.15, -0.1) is 0 Å². The van der Waals surface area contributed by atoms with E-state index in [-0.39, 0.29) is 12.6 Å². The molecule has 0 aliphatic carbocycles. The summed E-state index contributed by atoms with van der Waals surface area (Å²) in [4.78, 5) is 7.12. The van der Waals surface area contributed by atoms with Crippen molar-refractivity contribution in [3.8, 4) is 0 Å². The van der Waals surface area contributed by atoms with Crippen LogP contribution in [0.15, 0.2) is 42.5 Å². The average Bonchev–Trinajstić information content (AvgIpc) is 3.03. The molecule has 0 spiro atoms. The summed E-state index contributed by atoms with van der Waals surface area (Å²) >= 11 is 12.6. The molecule has 1 saturated heterocycles. The van der Waals surface area contributed by atoms with Crippen molar-refractivity contribution < 1.29 is 5.11 Å². The van der Waals surface area contributed by atoms with Crippen LogP contribution in [-0.2, 0) is 6.54 Å². The van der Waals surface area contributed by atoms with Crippen molar-refractivity contribution in [3.05, 3.63) is 58.1 Å². The predicted molar refractivity (Wildman–Crippen MR) is 107 cm³/mol. The Balaban J connectivity index is 1.82. The summed E-state index contributed by atoms with van der Waals surface area (Å²) in [7, 11) is 0. The lowest BCUT2D eigenvalue weighted by atomic mass is 10.0.